The van der Waals surface area contributed by atoms with Gasteiger partial charge in [0, 0.05) is 31.7 Å². The van der Waals surface area contributed by atoms with Crippen LogP contribution in [0.1, 0.15) is 18.4 Å². The molecule has 0 amide bonds. The maximum absolute atomic E-state index is 5.95. The largest absolute Gasteiger partial charge is 0.368 e. The fourth-order valence-electron chi connectivity index (χ4n) is 2.76. The van der Waals surface area contributed by atoms with Gasteiger partial charge < -0.3 is 16.0 Å². The molecule has 6 heteroatoms. The van der Waals surface area contributed by atoms with Gasteiger partial charge in [0.2, 0.25) is 5.95 Å². The molecule has 116 valence electrons. The van der Waals surface area contributed by atoms with Crippen molar-refractivity contribution >= 4 is 23.4 Å². The van der Waals surface area contributed by atoms with E-state index in [4.69, 9.17) is 17.3 Å². The second kappa shape index (κ2) is 6.94. The fourth-order valence-corrected chi connectivity index (χ4v) is 2.94. The highest BCUT2D eigenvalue weighted by Gasteiger charge is 2.20. The molecule has 1 saturated heterocycles. The van der Waals surface area contributed by atoms with Crippen LogP contribution in [0.3, 0.4) is 0 Å². The average Bonchev–Trinajstić information content (AvgIpc) is 2.53. The summed E-state index contributed by atoms with van der Waals surface area (Å²) in [6, 6.07) is 12.8. The first-order valence-corrected chi connectivity index (χ1v) is 7.91. The van der Waals surface area contributed by atoms with Gasteiger partial charge in [-0.25, -0.2) is 4.98 Å². The number of nitrogens with one attached hydrogen (secondary N) is 1. The molecule has 1 aliphatic rings. The molecule has 1 aromatic heterocycles. The number of aromatic nitrogens is 2. The molecule has 1 aromatic carbocycles. The summed E-state index contributed by atoms with van der Waals surface area (Å²) in [7, 11) is 0. The van der Waals surface area contributed by atoms with Gasteiger partial charge in [0.1, 0.15) is 11.0 Å². The summed E-state index contributed by atoms with van der Waals surface area (Å²) in [5.41, 5.74) is 6.98. The average molecular weight is 318 g/mol. The second-order valence-electron chi connectivity index (χ2n) is 5.53. The summed E-state index contributed by atoms with van der Waals surface area (Å²) < 4.78 is 0. The van der Waals surface area contributed by atoms with Gasteiger partial charge in [0.15, 0.2) is 0 Å². The number of hydrogen-bond donors (Lipinski definition) is 2. The first-order chi connectivity index (χ1) is 10.7. The van der Waals surface area contributed by atoms with E-state index in [0.717, 1.165) is 38.3 Å². The molecular weight excluding hydrogens is 298 g/mol. The Hall–Kier alpha value is -1.85. The Morgan fingerprint density at radius 1 is 1.18 bits per heavy atom. The van der Waals surface area contributed by atoms with E-state index in [9.17, 15) is 0 Å². The van der Waals surface area contributed by atoms with Crippen molar-refractivity contribution in [3.8, 4) is 0 Å². The van der Waals surface area contributed by atoms with E-state index in [0.29, 0.717) is 11.2 Å². The number of benzene rings is 1. The van der Waals surface area contributed by atoms with E-state index in [1.165, 1.54) is 5.56 Å². The van der Waals surface area contributed by atoms with Crippen LogP contribution in [0, 0.1) is 0 Å². The zero-order chi connectivity index (χ0) is 15.4. The summed E-state index contributed by atoms with van der Waals surface area (Å²) in [4.78, 5) is 10.4. The first-order valence-electron chi connectivity index (χ1n) is 7.53. The van der Waals surface area contributed by atoms with Crippen molar-refractivity contribution in [1.82, 2.24) is 15.3 Å². The minimum absolute atomic E-state index is 0.229. The van der Waals surface area contributed by atoms with Crippen LogP contribution in [-0.2, 0) is 6.54 Å². The van der Waals surface area contributed by atoms with Gasteiger partial charge in [-0.3, -0.25) is 0 Å². The summed E-state index contributed by atoms with van der Waals surface area (Å²) in [5.74, 6) is 1.05. The molecule has 0 spiro atoms. The minimum Gasteiger partial charge on any atom is -0.368 e. The van der Waals surface area contributed by atoms with Crippen LogP contribution in [0.2, 0.25) is 5.15 Å². The van der Waals surface area contributed by atoms with Crippen LogP contribution in [0.5, 0.6) is 0 Å². The van der Waals surface area contributed by atoms with Crippen molar-refractivity contribution in [1.29, 1.82) is 0 Å². The molecule has 1 aliphatic heterocycles. The molecule has 3 rings (SSSR count). The van der Waals surface area contributed by atoms with Crippen LogP contribution >= 0.6 is 11.6 Å². The minimum atomic E-state index is 0.229. The van der Waals surface area contributed by atoms with Gasteiger partial charge in [-0.1, -0.05) is 41.9 Å². The maximum atomic E-state index is 5.95. The lowest BCUT2D eigenvalue weighted by Crippen LogP contribution is -2.42. The highest BCUT2D eigenvalue weighted by atomic mass is 35.5. The van der Waals surface area contributed by atoms with Gasteiger partial charge in [0.25, 0.3) is 0 Å². The fraction of sp³-hybridized carbons (Fsp3) is 0.375. The van der Waals surface area contributed by atoms with Crippen molar-refractivity contribution in [2.24, 2.45) is 0 Å². The molecule has 3 N–H and O–H groups in total. The molecule has 5 nitrogen and oxygen atoms in total. The number of halogens is 1. The number of piperidine rings is 1. The van der Waals surface area contributed by atoms with Gasteiger partial charge >= 0.3 is 0 Å². The SMILES string of the molecule is Nc1nc(Cl)cc(N2CCC(NCc3ccccc3)CC2)n1. The zero-order valence-corrected chi connectivity index (χ0v) is 13.1. The number of hydrogen-bond acceptors (Lipinski definition) is 5. The molecular formula is C16H20ClN5. The Morgan fingerprint density at radius 2 is 1.91 bits per heavy atom. The number of nitrogens with zero attached hydrogens (tertiary/aromatic N) is 3. The van der Waals surface area contributed by atoms with Crippen LogP contribution < -0.4 is 16.0 Å². The second-order valence-corrected chi connectivity index (χ2v) is 5.92. The van der Waals surface area contributed by atoms with Crippen molar-refractivity contribution < 1.29 is 0 Å². The van der Waals surface area contributed by atoms with Gasteiger partial charge in [0.05, 0.1) is 0 Å². The van der Waals surface area contributed by atoms with Crippen molar-refractivity contribution in [3.63, 3.8) is 0 Å². The highest BCUT2D eigenvalue weighted by Crippen LogP contribution is 2.21. The predicted molar refractivity (Wildman–Crippen MR) is 90.0 cm³/mol. The number of anilines is 2. The van der Waals surface area contributed by atoms with Crippen LogP contribution in [0.4, 0.5) is 11.8 Å². The third kappa shape index (κ3) is 3.87. The molecule has 22 heavy (non-hydrogen) atoms. The van der Waals surface area contributed by atoms with Crippen LogP contribution in [-0.4, -0.2) is 29.1 Å². The lowest BCUT2D eigenvalue weighted by atomic mass is 10.0. The quantitative estimate of drug-likeness (QED) is 0.848. The Kier molecular flexibility index (Phi) is 4.75. The maximum Gasteiger partial charge on any atom is 0.223 e. The van der Waals surface area contributed by atoms with Crippen molar-refractivity contribution in [2.45, 2.75) is 25.4 Å². The third-order valence-electron chi connectivity index (χ3n) is 3.96. The lowest BCUT2D eigenvalue weighted by Gasteiger charge is -2.33. The number of rotatable bonds is 4. The Labute approximate surface area is 135 Å². The van der Waals surface area contributed by atoms with Crippen molar-refractivity contribution in [3.05, 3.63) is 47.1 Å². The smallest absolute Gasteiger partial charge is 0.223 e. The van der Waals surface area contributed by atoms with E-state index < -0.39 is 0 Å². The van der Waals surface area contributed by atoms with Crippen molar-refractivity contribution in [2.75, 3.05) is 23.7 Å². The molecule has 2 aromatic rings. The summed E-state index contributed by atoms with van der Waals surface area (Å²) >= 11 is 5.95. The summed E-state index contributed by atoms with van der Waals surface area (Å²) in [6.45, 7) is 2.80. The monoisotopic (exact) mass is 317 g/mol. The molecule has 0 saturated carbocycles. The van der Waals surface area contributed by atoms with E-state index in [-0.39, 0.29) is 5.95 Å². The molecule has 0 unspecified atom stereocenters. The third-order valence-corrected chi connectivity index (χ3v) is 4.15. The first kappa shape index (κ1) is 15.1. The molecule has 0 bridgehead atoms. The van der Waals surface area contributed by atoms with E-state index in [1.807, 2.05) is 6.07 Å². The standard InChI is InChI=1S/C16H20ClN5/c17-14-10-15(21-16(18)20-14)22-8-6-13(7-9-22)19-11-12-4-2-1-3-5-12/h1-5,10,13,19H,6-9,11H2,(H2,18,20,21). The Bertz CT molecular complexity index is 591. The normalized spacial score (nSPS) is 16.0. The zero-order valence-electron chi connectivity index (χ0n) is 12.4. The van der Waals surface area contributed by atoms with Crippen LogP contribution in [0.25, 0.3) is 0 Å². The van der Waals surface area contributed by atoms with Crippen LogP contribution in [0.15, 0.2) is 36.4 Å². The number of nitrogens with two attached hydrogens (primary N) is 1. The molecule has 2 heterocycles. The van der Waals surface area contributed by atoms with E-state index in [1.54, 1.807) is 6.07 Å². The topological polar surface area (TPSA) is 67.1 Å². The molecule has 0 atom stereocenters. The molecule has 0 radical (unpaired) electrons. The molecule has 0 aliphatic carbocycles. The lowest BCUT2D eigenvalue weighted by molar-refractivity contribution is 0.413. The van der Waals surface area contributed by atoms with Gasteiger partial charge in [-0.2, -0.15) is 4.98 Å². The Morgan fingerprint density at radius 3 is 2.59 bits per heavy atom. The van der Waals surface area contributed by atoms with Gasteiger partial charge in [-0.05, 0) is 18.4 Å². The number of nitrogen functional groups attached to an aromatic ring is 1. The molecule has 1 fully saturated rings. The van der Waals surface area contributed by atoms with Gasteiger partial charge in [-0.15, -0.1) is 0 Å². The van der Waals surface area contributed by atoms with E-state index >= 15 is 0 Å². The predicted octanol–water partition coefficient (Wildman–Crippen LogP) is 2.47. The summed E-state index contributed by atoms with van der Waals surface area (Å²) in [5, 5.41) is 4.02. The highest BCUT2D eigenvalue weighted by molar-refractivity contribution is 6.29. The van der Waals surface area contributed by atoms with E-state index in [2.05, 4.69) is 44.5 Å². The summed E-state index contributed by atoms with van der Waals surface area (Å²) in [6.07, 6.45) is 2.16. The Balaban J connectivity index is 1.52.